The van der Waals surface area contributed by atoms with Gasteiger partial charge in [0.2, 0.25) is 0 Å². The number of unbranched alkanes of at least 4 members (excludes halogenated alkanes) is 2. The number of nitrogens with one attached hydrogen (secondary N) is 1. The van der Waals surface area contributed by atoms with Crippen molar-refractivity contribution in [3.05, 3.63) is 93.7 Å². The van der Waals surface area contributed by atoms with Gasteiger partial charge in [-0.05, 0) is 79.9 Å². The molecule has 182 valence electrons. The molecule has 1 amide bonds. The summed E-state index contributed by atoms with van der Waals surface area (Å²) in [6.45, 7) is 3.88. The van der Waals surface area contributed by atoms with E-state index in [0.717, 1.165) is 58.9 Å². The van der Waals surface area contributed by atoms with E-state index in [-0.39, 0.29) is 5.91 Å². The van der Waals surface area contributed by atoms with Gasteiger partial charge in [-0.3, -0.25) is 4.79 Å². The van der Waals surface area contributed by atoms with Gasteiger partial charge in [0, 0.05) is 28.6 Å². The molecule has 35 heavy (non-hydrogen) atoms. The normalized spacial score (nSPS) is 11.1. The molecule has 1 heterocycles. The van der Waals surface area contributed by atoms with Crippen LogP contribution in [0.3, 0.4) is 0 Å². The monoisotopic (exact) mass is 509 g/mol. The zero-order chi connectivity index (χ0) is 24.6. The summed E-state index contributed by atoms with van der Waals surface area (Å²) in [6.07, 6.45) is 3.79. The van der Waals surface area contributed by atoms with E-state index in [0.29, 0.717) is 30.3 Å². The maximum atomic E-state index is 12.2. The van der Waals surface area contributed by atoms with Gasteiger partial charge in [0.05, 0.1) is 17.6 Å². The molecular weight excluding hydrogens is 481 g/mol. The molecule has 4 aromatic rings. The van der Waals surface area contributed by atoms with Gasteiger partial charge in [-0.1, -0.05) is 41.8 Å². The Morgan fingerprint density at radius 2 is 1.80 bits per heavy atom. The first-order chi connectivity index (χ1) is 17.0. The summed E-state index contributed by atoms with van der Waals surface area (Å²) in [5.74, 6) is 1.81. The number of carbonyl (C=O) groups is 1. The van der Waals surface area contributed by atoms with Crippen LogP contribution < -0.4 is 10.1 Å². The molecule has 7 heteroatoms. The maximum Gasteiger partial charge on any atom is 0.251 e. The van der Waals surface area contributed by atoms with E-state index in [1.165, 1.54) is 0 Å². The summed E-state index contributed by atoms with van der Waals surface area (Å²) in [6, 6.07) is 20.8. The second kappa shape index (κ2) is 12.1. The lowest BCUT2D eigenvalue weighted by atomic mass is 10.1. The van der Waals surface area contributed by atoms with E-state index in [1.807, 2.05) is 43.3 Å². The highest BCUT2D eigenvalue weighted by Crippen LogP contribution is 2.22. The highest BCUT2D eigenvalue weighted by Gasteiger charge is 2.11. The fourth-order valence-electron chi connectivity index (χ4n) is 4.02. The zero-order valence-corrected chi connectivity index (χ0v) is 21.3. The molecule has 0 fully saturated rings. The molecule has 0 bridgehead atoms. The summed E-state index contributed by atoms with van der Waals surface area (Å²) in [4.78, 5) is 17.1. The lowest BCUT2D eigenvalue weighted by molar-refractivity contribution is 0.0953. The van der Waals surface area contributed by atoms with Crippen molar-refractivity contribution in [3.63, 3.8) is 0 Å². The summed E-state index contributed by atoms with van der Waals surface area (Å²) in [5, 5.41) is 4.34. The molecular formula is C28H29Cl2N3O2. The molecule has 5 nitrogen and oxygen atoms in total. The number of nitrogens with zero attached hydrogens (tertiary/aromatic N) is 2. The van der Waals surface area contributed by atoms with Crippen LogP contribution in [0.5, 0.6) is 5.75 Å². The SMILES string of the molecule is Cc1cc(OCCn2c(CCCCCNC(=O)c3ccc(Cl)cc3)nc3ccccc32)ccc1Cl. The van der Waals surface area contributed by atoms with Gasteiger partial charge >= 0.3 is 0 Å². The van der Waals surface area contributed by atoms with E-state index in [4.69, 9.17) is 32.9 Å². The molecule has 4 rings (SSSR count). The third-order valence-electron chi connectivity index (χ3n) is 5.92. The number of carbonyl (C=O) groups excluding carboxylic acids is 1. The standard InChI is InChI=1S/C28H29Cl2N3O2/c1-20-19-23(14-15-24(20)30)35-18-17-33-26-8-5-4-7-25(26)32-27(33)9-3-2-6-16-31-28(34)21-10-12-22(29)13-11-21/h4-5,7-8,10-15,19H,2-3,6,9,16-18H2,1H3,(H,31,34). The number of imidazole rings is 1. The van der Waals surface area contributed by atoms with Gasteiger partial charge in [0.15, 0.2) is 0 Å². The fraction of sp³-hybridized carbons (Fsp3) is 0.286. The number of para-hydroxylation sites is 2. The summed E-state index contributed by atoms with van der Waals surface area (Å²) >= 11 is 12.0. The van der Waals surface area contributed by atoms with E-state index in [1.54, 1.807) is 24.3 Å². The first-order valence-electron chi connectivity index (χ1n) is 11.9. The molecule has 0 aliphatic rings. The molecule has 0 radical (unpaired) electrons. The minimum absolute atomic E-state index is 0.0701. The predicted octanol–water partition coefficient (Wildman–Crippen LogP) is 6.87. The molecule has 1 aromatic heterocycles. The van der Waals surface area contributed by atoms with Crippen molar-refractivity contribution >= 4 is 40.1 Å². The zero-order valence-electron chi connectivity index (χ0n) is 19.8. The van der Waals surface area contributed by atoms with Crippen LogP contribution in [0.15, 0.2) is 66.7 Å². The van der Waals surface area contributed by atoms with Crippen LogP contribution in [-0.2, 0) is 13.0 Å². The smallest absolute Gasteiger partial charge is 0.251 e. The molecule has 0 spiro atoms. The van der Waals surface area contributed by atoms with Crippen LogP contribution in [0.2, 0.25) is 10.0 Å². The third-order valence-corrected chi connectivity index (χ3v) is 6.59. The van der Waals surface area contributed by atoms with Crippen molar-refractivity contribution in [1.82, 2.24) is 14.9 Å². The van der Waals surface area contributed by atoms with E-state index < -0.39 is 0 Å². The molecule has 0 unspecified atom stereocenters. The van der Waals surface area contributed by atoms with E-state index in [2.05, 4.69) is 16.0 Å². The number of ether oxygens (including phenoxy) is 1. The highest BCUT2D eigenvalue weighted by atomic mass is 35.5. The topological polar surface area (TPSA) is 56.1 Å². The first kappa shape index (κ1) is 25.1. The number of amides is 1. The number of aromatic nitrogens is 2. The second-order valence-electron chi connectivity index (χ2n) is 8.50. The first-order valence-corrected chi connectivity index (χ1v) is 12.6. The van der Waals surface area contributed by atoms with Crippen molar-refractivity contribution in [3.8, 4) is 5.75 Å². The maximum absolute atomic E-state index is 12.2. The Hall–Kier alpha value is -3.02. The van der Waals surface area contributed by atoms with Gasteiger partial charge in [-0.15, -0.1) is 0 Å². The van der Waals surface area contributed by atoms with Crippen LogP contribution in [-0.4, -0.2) is 28.6 Å². The lowest BCUT2D eigenvalue weighted by Crippen LogP contribution is -2.24. The van der Waals surface area contributed by atoms with E-state index >= 15 is 0 Å². The molecule has 3 aromatic carbocycles. The lowest BCUT2D eigenvalue weighted by Gasteiger charge is -2.12. The predicted molar refractivity (Wildman–Crippen MR) is 143 cm³/mol. The van der Waals surface area contributed by atoms with Gasteiger partial charge < -0.3 is 14.6 Å². The number of benzene rings is 3. The van der Waals surface area contributed by atoms with Gasteiger partial charge in [-0.25, -0.2) is 4.98 Å². The van der Waals surface area contributed by atoms with Crippen LogP contribution >= 0.6 is 23.2 Å². The molecule has 1 N–H and O–H groups in total. The summed E-state index contributed by atoms with van der Waals surface area (Å²) < 4.78 is 8.24. The largest absolute Gasteiger partial charge is 0.492 e. The number of fused-ring (bicyclic) bond motifs is 1. The molecule has 0 atom stereocenters. The molecule has 0 aliphatic heterocycles. The third kappa shape index (κ3) is 6.77. The summed E-state index contributed by atoms with van der Waals surface area (Å²) in [7, 11) is 0. The van der Waals surface area contributed by atoms with Crippen LogP contribution in [0.4, 0.5) is 0 Å². The number of hydrogen-bond donors (Lipinski definition) is 1. The number of halogens is 2. The van der Waals surface area contributed by atoms with Crippen molar-refractivity contribution in [1.29, 1.82) is 0 Å². The Balaban J connectivity index is 1.27. The quantitative estimate of drug-likeness (QED) is 0.224. The Bertz CT molecular complexity index is 1290. The summed E-state index contributed by atoms with van der Waals surface area (Å²) in [5.41, 5.74) is 3.75. The van der Waals surface area contributed by atoms with Crippen molar-refractivity contribution in [2.45, 2.75) is 39.2 Å². The van der Waals surface area contributed by atoms with E-state index in [9.17, 15) is 4.79 Å². The van der Waals surface area contributed by atoms with Crippen LogP contribution in [0.25, 0.3) is 11.0 Å². The molecule has 0 saturated heterocycles. The average molecular weight is 510 g/mol. The minimum atomic E-state index is -0.0701. The number of hydrogen-bond acceptors (Lipinski definition) is 3. The average Bonchev–Trinajstić information content (AvgIpc) is 3.21. The van der Waals surface area contributed by atoms with Crippen molar-refractivity contribution < 1.29 is 9.53 Å². The molecule has 0 aliphatic carbocycles. The van der Waals surface area contributed by atoms with Gasteiger partial charge in [0.1, 0.15) is 18.2 Å². The van der Waals surface area contributed by atoms with Crippen molar-refractivity contribution in [2.75, 3.05) is 13.2 Å². The van der Waals surface area contributed by atoms with Gasteiger partial charge in [0.25, 0.3) is 5.91 Å². The Morgan fingerprint density at radius 1 is 1.00 bits per heavy atom. The number of aryl methyl sites for hydroxylation is 2. The Kier molecular flexibility index (Phi) is 8.67. The number of rotatable bonds is 11. The minimum Gasteiger partial charge on any atom is -0.492 e. The molecule has 0 saturated carbocycles. The van der Waals surface area contributed by atoms with Crippen LogP contribution in [0.1, 0.15) is 41.0 Å². The Morgan fingerprint density at radius 3 is 2.60 bits per heavy atom. The highest BCUT2D eigenvalue weighted by molar-refractivity contribution is 6.31. The fourth-order valence-corrected chi connectivity index (χ4v) is 4.26. The van der Waals surface area contributed by atoms with Crippen LogP contribution in [0, 0.1) is 6.92 Å². The second-order valence-corrected chi connectivity index (χ2v) is 9.34. The van der Waals surface area contributed by atoms with Gasteiger partial charge in [-0.2, -0.15) is 0 Å². The Labute approximate surface area is 216 Å². The van der Waals surface area contributed by atoms with Crippen molar-refractivity contribution in [2.24, 2.45) is 0 Å².